The SMILES string of the molecule is C1=CCC23C=Cc4cc5ccccc5c5ccc(c2c45)C=CC3=C1. The van der Waals surface area contributed by atoms with Crippen LogP contribution in [0.5, 0.6) is 0 Å². The van der Waals surface area contributed by atoms with Gasteiger partial charge >= 0.3 is 0 Å². The third-order valence-corrected chi connectivity index (χ3v) is 5.89. The Morgan fingerprint density at radius 2 is 1.79 bits per heavy atom. The zero-order valence-electron chi connectivity index (χ0n) is 13.3. The standard InChI is InChI=1S/C24H16/c1-2-7-20-17(5-1)15-18-12-14-24-13-4-3-6-19(24)10-8-16-9-11-21(20)22(18)23(16)24/h1-12,14-15H,13H2. The Bertz CT molecular complexity index is 1170. The summed E-state index contributed by atoms with van der Waals surface area (Å²) in [6, 6.07) is 15.7. The predicted octanol–water partition coefficient (Wildman–Crippen LogP) is 6.17. The molecule has 0 nitrogen and oxygen atoms in total. The normalized spacial score (nSPS) is 22.8. The largest absolute Gasteiger partial charge is 0.0830 e. The van der Waals surface area contributed by atoms with E-state index >= 15 is 0 Å². The molecule has 24 heavy (non-hydrogen) atoms. The number of benzene rings is 3. The lowest BCUT2D eigenvalue weighted by atomic mass is 9.62. The van der Waals surface area contributed by atoms with Crippen LogP contribution in [0.15, 0.2) is 78.4 Å². The highest BCUT2D eigenvalue weighted by Gasteiger charge is 2.39. The van der Waals surface area contributed by atoms with Crippen LogP contribution in [-0.2, 0) is 5.41 Å². The second-order valence-electron chi connectivity index (χ2n) is 7.03. The van der Waals surface area contributed by atoms with E-state index in [1.54, 1.807) is 0 Å². The fourth-order valence-electron chi connectivity index (χ4n) is 4.80. The van der Waals surface area contributed by atoms with Crippen molar-refractivity contribution in [3.05, 3.63) is 95.1 Å². The van der Waals surface area contributed by atoms with Gasteiger partial charge in [-0.1, -0.05) is 78.9 Å². The van der Waals surface area contributed by atoms with Crippen LogP contribution in [0.1, 0.15) is 23.1 Å². The highest BCUT2D eigenvalue weighted by atomic mass is 14.4. The van der Waals surface area contributed by atoms with E-state index < -0.39 is 0 Å². The lowest BCUT2D eigenvalue weighted by Crippen LogP contribution is -2.31. The minimum Gasteiger partial charge on any atom is -0.0830 e. The van der Waals surface area contributed by atoms with Gasteiger partial charge in [-0.15, -0.1) is 0 Å². The zero-order chi connectivity index (χ0) is 15.7. The maximum absolute atomic E-state index is 2.43. The van der Waals surface area contributed by atoms with Crippen molar-refractivity contribution >= 4 is 33.7 Å². The molecule has 0 aliphatic heterocycles. The second-order valence-corrected chi connectivity index (χ2v) is 7.03. The summed E-state index contributed by atoms with van der Waals surface area (Å²) in [5.41, 5.74) is 5.67. The molecule has 0 aromatic heterocycles. The molecule has 112 valence electrons. The van der Waals surface area contributed by atoms with Crippen LogP contribution in [0, 0.1) is 0 Å². The molecule has 0 heterocycles. The lowest BCUT2D eigenvalue weighted by Gasteiger charge is -2.41. The number of rotatable bonds is 0. The van der Waals surface area contributed by atoms with Crippen LogP contribution in [0.2, 0.25) is 0 Å². The van der Waals surface area contributed by atoms with Gasteiger partial charge in [-0.2, -0.15) is 0 Å². The summed E-state index contributed by atoms with van der Waals surface area (Å²) in [7, 11) is 0. The predicted molar refractivity (Wildman–Crippen MR) is 103 cm³/mol. The minimum absolute atomic E-state index is 0.0216. The second kappa shape index (κ2) is 4.15. The first kappa shape index (κ1) is 12.5. The van der Waals surface area contributed by atoms with Gasteiger partial charge in [0.05, 0.1) is 0 Å². The zero-order valence-corrected chi connectivity index (χ0v) is 13.3. The molecule has 0 fully saturated rings. The van der Waals surface area contributed by atoms with Gasteiger partial charge in [0, 0.05) is 5.41 Å². The maximum atomic E-state index is 2.43. The quantitative estimate of drug-likeness (QED) is 0.436. The molecule has 6 rings (SSSR count). The summed E-state index contributed by atoms with van der Waals surface area (Å²) in [4.78, 5) is 0. The molecule has 1 spiro atoms. The molecule has 3 aromatic carbocycles. The molecule has 0 bridgehead atoms. The number of allylic oxidation sites excluding steroid dienone is 6. The first-order valence-corrected chi connectivity index (χ1v) is 8.60. The van der Waals surface area contributed by atoms with Crippen molar-refractivity contribution in [2.75, 3.05) is 0 Å². The van der Waals surface area contributed by atoms with E-state index in [4.69, 9.17) is 0 Å². The smallest absolute Gasteiger partial charge is 0.0431 e. The molecule has 0 heteroatoms. The molecule has 3 aromatic rings. The van der Waals surface area contributed by atoms with Crippen LogP contribution >= 0.6 is 0 Å². The molecular formula is C24H16. The molecular weight excluding hydrogens is 288 g/mol. The first-order chi connectivity index (χ1) is 11.9. The van der Waals surface area contributed by atoms with Crippen LogP contribution in [0.4, 0.5) is 0 Å². The Balaban J connectivity index is 1.87. The van der Waals surface area contributed by atoms with Gasteiger partial charge in [-0.25, -0.2) is 0 Å². The van der Waals surface area contributed by atoms with E-state index in [2.05, 4.69) is 85.0 Å². The van der Waals surface area contributed by atoms with Crippen LogP contribution in [0.3, 0.4) is 0 Å². The molecule has 1 atom stereocenters. The lowest BCUT2D eigenvalue weighted by molar-refractivity contribution is 0.646. The van der Waals surface area contributed by atoms with Crippen molar-refractivity contribution < 1.29 is 0 Å². The average molecular weight is 304 g/mol. The highest BCUT2D eigenvalue weighted by Crippen LogP contribution is 2.52. The molecule has 3 aliphatic rings. The third-order valence-electron chi connectivity index (χ3n) is 5.89. The fraction of sp³-hybridized carbons (Fsp3) is 0.0833. The van der Waals surface area contributed by atoms with Crippen molar-refractivity contribution in [3.63, 3.8) is 0 Å². The van der Waals surface area contributed by atoms with Crippen molar-refractivity contribution in [2.45, 2.75) is 11.8 Å². The van der Waals surface area contributed by atoms with Gasteiger partial charge in [0.2, 0.25) is 0 Å². The Morgan fingerprint density at radius 3 is 2.79 bits per heavy atom. The van der Waals surface area contributed by atoms with Gasteiger partial charge in [0.15, 0.2) is 0 Å². The maximum Gasteiger partial charge on any atom is 0.0431 e. The summed E-state index contributed by atoms with van der Waals surface area (Å²) in [6.45, 7) is 0. The van der Waals surface area contributed by atoms with Gasteiger partial charge < -0.3 is 0 Å². The Morgan fingerprint density at radius 1 is 0.833 bits per heavy atom. The van der Waals surface area contributed by atoms with E-state index in [0.29, 0.717) is 0 Å². The average Bonchev–Trinajstić information content (AvgIpc) is 2.65. The Hall–Kier alpha value is -2.86. The first-order valence-electron chi connectivity index (χ1n) is 8.60. The van der Waals surface area contributed by atoms with E-state index in [-0.39, 0.29) is 5.41 Å². The van der Waals surface area contributed by atoms with Crippen LogP contribution < -0.4 is 0 Å². The van der Waals surface area contributed by atoms with Crippen molar-refractivity contribution in [1.29, 1.82) is 0 Å². The van der Waals surface area contributed by atoms with Crippen molar-refractivity contribution in [1.82, 2.24) is 0 Å². The van der Waals surface area contributed by atoms with Crippen LogP contribution in [-0.4, -0.2) is 0 Å². The Kier molecular flexibility index (Phi) is 2.17. The van der Waals surface area contributed by atoms with E-state index in [9.17, 15) is 0 Å². The summed E-state index contributed by atoms with van der Waals surface area (Å²) in [5, 5.41) is 5.51. The van der Waals surface area contributed by atoms with Gasteiger partial charge in [-0.3, -0.25) is 0 Å². The molecule has 1 unspecified atom stereocenters. The molecule has 0 amide bonds. The van der Waals surface area contributed by atoms with E-state index in [1.165, 1.54) is 43.8 Å². The number of hydrogen-bond acceptors (Lipinski definition) is 0. The summed E-state index contributed by atoms with van der Waals surface area (Å²) >= 11 is 0. The summed E-state index contributed by atoms with van der Waals surface area (Å²) < 4.78 is 0. The van der Waals surface area contributed by atoms with E-state index in [0.717, 1.165) is 6.42 Å². The number of hydrogen-bond donors (Lipinski definition) is 0. The van der Waals surface area contributed by atoms with E-state index in [1.807, 2.05) is 0 Å². The van der Waals surface area contributed by atoms with Crippen molar-refractivity contribution in [2.24, 2.45) is 0 Å². The molecule has 0 N–H and O–H groups in total. The third kappa shape index (κ3) is 1.36. The summed E-state index contributed by atoms with van der Waals surface area (Å²) in [6.07, 6.45) is 17.2. The van der Waals surface area contributed by atoms with Crippen molar-refractivity contribution in [3.8, 4) is 0 Å². The molecule has 0 saturated heterocycles. The van der Waals surface area contributed by atoms with Gasteiger partial charge in [0.1, 0.15) is 0 Å². The van der Waals surface area contributed by atoms with Gasteiger partial charge in [0.25, 0.3) is 0 Å². The van der Waals surface area contributed by atoms with Crippen LogP contribution in [0.25, 0.3) is 33.7 Å². The van der Waals surface area contributed by atoms with Gasteiger partial charge in [-0.05, 0) is 56.3 Å². The topological polar surface area (TPSA) is 0 Å². The highest BCUT2D eigenvalue weighted by molar-refractivity contribution is 6.14. The summed E-state index contributed by atoms with van der Waals surface area (Å²) in [5.74, 6) is 0. The fourth-order valence-corrected chi connectivity index (χ4v) is 4.80. The minimum atomic E-state index is 0.0216. The molecule has 0 saturated carbocycles. The molecule has 0 radical (unpaired) electrons. The number of fused-ring (bicyclic) bond motifs is 2. The molecule has 3 aliphatic carbocycles. The monoisotopic (exact) mass is 304 g/mol. The Labute approximate surface area is 141 Å².